The van der Waals surface area contributed by atoms with Crippen molar-refractivity contribution in [3.8, 4) is 22.4 Å². The third kappa shape index (κ3) is 3.58. The van der Waals surface area contributed by atoms with Crippen LogP contribution in [0.2, 0.25) is 0 Å². The maximum atomic E-state index is 13.4. The molecule has 0 aliphatic rings. The fraction of sp³-hybridized carbons (Fsp3) is 0.200. The molecule has 8 nitrogen and oxygen atoms in total. The second-order valence-corrected chi connectivity index (χ2v) is 6.74. The van der Waals surface area contributed by atoms with Gasteiger partial charge >= 0.3 is 5.69 Å². The highest BCUT2D eigenvalue weighted by Crippen LogP contribution is 2.34. The lowest BCUT2D eigenvalue weighted by atomic mass is 10.0. The van der Waals surface area contributed by atoms with E-state index in [0.717, 1.165) is 15.1 Å². The topological polar surface area (TPSA) is 111 Å². The van der Waals surface area contributed by atoms with Gasteiger partial charge in [-0.25, -0.2) is 27.6 Å². The van der Waals surface area contributed by atoms with Gasteiger partial charge in [0.1, 0.15) is 0 Å². The Kier molecular flexibility index (Phi) is 5.32. The summed E-state index contributed by atoms with van der Waals surface area (Å²) in [6.07, 6.45) is -1.70. The number of aromatic nitrogens is 5. The van der Waals surface area contributed by atoms with Crippen molar-refractivity contribution in [2.45, 2.75) is 19.4 Å². The lowest BCUT2D eigenvalue weighted by Gasteiger charge is -2.12. The molecule has 0 unspecified atom stereocenters. The predicted octanol–water partition coefficient (Wildman–Crippen LogP) is 2.79. The van der Waals surface area contributed by atoms with Crippen LogP contribution in [0, 0.1) is 0 Å². The first kappa shape index (κ1) is 20.4. The third-order valence-electron chi connectivity index (χ3n) is 4.76. The van der Waals surface area contributed by atoms with Gasteiger partial charge in [0.15, 0.2) is 5.65 Å². The summed E-state index contributed by atoms with van der Waals surface area (Å²) >= 11 is 0. The number of nitrogens with two attached hydrogens (primary N) is 1. The Balaban J connectivity index is 2.10. The van der Waals surface area contributed by atoms with Crippen LogP contribution in [-0.2, 0) is 6.54 Å². The van der Waals surface area contributed by atoms with Gasteiger partial charge in [0, 0.05) is 23.9 Å². The normalized spacial score (nSPS) is 11.5. The summed E-state index contributed by atoms with van der Waals surface area (Å²) in [7, 11) is 0. The minimum Gasteiger partial charge on any atom is -0.369 e. The summed E-state index contributed by atoms with van der Waals surface area (Å²) in [6, 6.07) is 9.80. The van der Waals surface area contributed by atoms with E-state index >= 15 is 0 Å². The Morgan fingerprint density at radius 2 is 1.87 bits per heavy atom. The Bertz CT molecular complexity index is 1360. The first-order chi connectivity index (χ1) is 14.9. The van der Waals surface area contributed by atoms with Crippen molar-refractivity contribution in [1.82, 2.24) is 24.1 Å². The van der Waals surface area contributed by atoms with E-state index in [1.807, 2.05) is 0 Å². The second-order valence-electron chi connectivity index (χ2n) is 6.74. The highest BCUT2D eigenvalue weighted by atomic mass is 19.3. The average Bonchev–Trinajstić information content (AvgIpc) is 3.09. The van der Waals surface area contributed by atoms with Crippen LogP contribution in [-0.4, -0.2) is 30.8 Å². The number of H-pyrrole nitrogens is 1. The number of benzene rings is 1. The fourth-order valence-corrected chi connectivity index (χ4v) is 3.34. The van der Waals surface area contributed by atoms with E-state index in [2.05, 4.69) is 15.1 Å². The van der Waals surface area contributed by atoms with Crippen molar-refractivity contribution >= 4 is 11.6 Å². The van der Waals surface area contributed by atoms with Crippen molar-refractivity contribution < 1.29 is 13.2 Å². The van der Waals surface area contributed by atoms with Crippen LogP contribution in [0.3, 0.4) is 0 Å². The lowest BCUT2D eigenvalue weighted by molar-refractivity contribution is 0.149. The number of aryl methyl sites for hydroxylation is 1. The molecule has 0 amide bonds. The number of halogens is 3. The highest BCUT2D eigenvalue weighted by molar-refractivity contribution is 5.90. The van der Waals surface area contributed by atoms with Gasteiger partial charge < -0.3 is 10.7 Å². The number of nitrogens with one attached hydrogen (secondary N) is 1. The Morgan fingerprint density at radius 3 is 2.55 bits per heavy atom. The molecule has 3 heterocycles. The number of pyridine rings is 1. The molecule has 0 bridgehead atoms. The molecule has 4 rings (SSSR count). The molecule has 1 aromatic carbocycles. The maximum Gasteiger partial charge on any atom is 0.353 e. The van der Waals surface area contributed by atoms with Gasteiger partial charge in [0.05, 0.1) is 23.5 Å². The number of nitrogens with zero attached hydrogens (tertiary/aromatic N) is 4. The average molecular weight is 430 g/mol. The minimum absolute atomic E-state index is 0.00444. The van der Waals surface area contributed by atoms with Crippen LogP contribution in [0.5, 0.6) is 0 Å². The van der Waals surface area contributed by atoms with Gasteiger partial charge in [0.25, 0.3) is 12.0 Å². The minimum atomic E-state index is -3.01. The summed E-state index contributed by atoms with van der Waals surface area (Å²) in [5.41, 5.74) is 5.10. The largest absolute Gasteiger partial charge is 0.369 e. The maximum absolute atomic E-state index is 13.4. The van der Waals surface area contributed by atoms with Crippen LogP contribution in [0.4, 0.5) is 19.1 Å². The zero-order valence-corrected chi connectivity index (χ0v) is 16.1. The van der Waals surface area contributed by atoms with Gasteiger partial charge in [-0.05, 0) is 12.5 Å². The SMILES string of the molecule is Nc1nc(-c2ccccc2)c(-c2c[nH]c(=O)c(C(F)F)c2)c2nn(CCCF)c(=O)n12. The zero-order chi connectivity index (χ0) is 22.1. The van der Waals surface area contributed by atoms with E-state index in [1.54, 1.807) is 30.3 Å². The van der Waals surface area contributed by atoms with E-state index in [4.69, 9.17) is 5.73 Å². The summed E-state index contributed by atoms with van der Waals surface area (Å²) in [4.78, 5) is 31.2. The van der Waals surface area contributed by atoms with Crippen molar-refractivity contribution in [2.75, 3.05) is 12.4 Å². The van der Waals surface area contributed by atoms with Crippen molar-refractivity contribution in [3.63, 3.8) is 0 Å². The van der Waals surface area contributed by atoms with Gasteiger partial charge in [-0.15, -0.1) is 5.10 Å². The molecular weight excluding hydrogens is 413 g/mol. The molecule has 0 radical (unpaired) electrons. The van der Waals surface area contributed by atoms with E-state index < -0.39 is 29.9 Å². The summed E-state index contributed by atoms with van der Waals surface area (Å²) in [6.45, 7) is -0.641. The van der Waals surface area contributed by atoms with Gasteiger partial charge in [-0.2, -0.15) is 0 Å². The number of fused-ring (bicyclic) bond motifs is 1. The van der Waals surface area contributed by atoms with Crippen molar-refractivity contribution in [1.29, 1.82) is 0 Å². The number of anilines is 1. The zero-order valence-electron chi connectivity index (χ0n) is 16.1. The first-order valence-electron chi connectivity index (χ1n) is 9.34. The Labute approximate surface area is 172 Å². The van der Waals surface area contributed by atoms with Crippen LogP contribution >= 0.6 is 0 Å². The number of hydrogen-bond acceptors (Lipinski definition) is 5. The molecule has 0 aliphatic heterocycles. The van der Waals surface area contributed by atoms with E-state index in [9.17, 15) is 22.8 Å². The molecule has 4 aromatic rings. The molecule has 0 fully saturated rings. The monoisotopic (exact) mass is 430 g/mol. The van der Waals surface area contributed by atoms with Crippen LogP contribution in [0.1, 0.15) is 18.4 Å². The summed E-state index contributed by atoms with van der Waals surface area (Å²) in [5, 5.41) is 4.27. The number of alkyl halides is 3. The predicted molar refractivity (Wildman–Crippen MR) is 109 cm³/mol. The fourth-order valence-electron chi connectivity index (χ4n) is 3.34. The highest BCUT2D eigenvalue weighted by Gasteiger charge is 2.23. The van der Waals surface area contributed by atoms with Crippen molar-refractivity contribution in [3.05, 3.63) is 69.0 Å². The van der Waals surface area contributed by atoms with Crippen LogP contribution in [0.15, 0.2) is 52.2 Å². The summed E-state index contributed by atoms with van der Waals surface area (Å²) in [5.74, 6) is -0.160. The molecular formula is C20H17F3N6O2. The van der Waals surface area contributed by atoms with Gasteiger partial charge in [-0.1, -0.05) is 30.3 Å². The molecule has 0 saturated heterocycles. The van der Waals surface area contributed by atoms with E-state index in [-0.39, 0.29) is 35.7 Å². The number of aromatic amines is 1. The molecule has 11 heteroatoms. The first-order valence-corrected chi connectivity index (χ1v) is 9.34. The summed E-state index contributed by atoms with van der Waals surface area (Å²) < 4.78 is 41.5. The molecule has 0 spiro atoms. The Hall–Kier alpha value is -3.89. The number of hydrogen-bond donors (Lipinski definition) is 2. The van der Waals surface area contributed by atoms with Crippen LogP contribution in [0.25, 0.3) is 28.0 Å². The second kappa shape index (κ2) is 8.09. The molecule has 160 valence electrons. The molecule has 0 aliphatic carbocycles. The van der Waals surface area contributed by atoms with Gasteiger partial charge in [-0.3, -0.25) is 9.18 Å². The lowest BCUT2D eigenvalue weighted by Crippen LogP contribution is -2.23. The smallest absolute Gasteiger partial charge is 0.353 e. The standard InChI is InChI=1S/C20H17F3N6O2/c21-7-4-8-28-20(31)29-17(27-28)14(12-9-13(16(22)23)18(30)25-10-12)15(26-19(29)24)11-5-2-1-3-6-11/h1-3,5-6,9-10,16H,4,7-8H2,(H2,24,26)(H,25,30). The van der Waals surface area contributed by atoms with Crippen molar-refractivity contribution in [2.24, 2.45) is 0 Å². The van der Waals surface area contributed by atoms with E-state index in [0.29, 0.717) is 11.3 Å². The molecule has 0 atom stereocenters. The molecule has 3 aromatic heterocycles. The van der Waals surface area contributed by atoms with Crippen LogP contribution < -0.4 is 17.0 Å². The number of rotatable bonds is 6. The quantitative estimate of drug-likeness (QED) is 0.489. The number of nitrogen functional groups attached to an aromatic ring is 1. The molecule has 31 heavy (non-hydrogen) atoms. The van der Waals surface area contributed by atoms with Gasteiger partial charge in [0.2, 0.25) is 5.95 Å². The van der Waals surface area contributed by atoms with E-state index in [1.165, 1.54) is 6.20 Å². The molecule has 0 saturated carbocycles. The Morgan fingerprint density at radius 1 is 1.13 bits per heavy atom. The third-order valence-corrected chi connectivity index (χ3v) is 4.76. The molecule has 3 N–H and O–H groups in total.